The minimum Gasteiger partial charge on any atom is -0.332 e. The monoisotopic (exact) mass is 461 g/mol. The number of halogens is 2. The van der Waals surface area contributed by atoms with Gasteiger partial charge < -0.3 is 4.90 Å². The van der Waals surface area contributed by atoms with Crippen LogP contribution in [0.5, 0.6) is 0 Å². The normalized spacial score (nSPS) is 10.6. The highest BCUT2D eigenvalue weighted by Gasteiger charge is 2.17. The van der Waals surface area contributed by atoms with E-state index >= 15 is 0 Å². The Kier molecular flexibility index (Phi) is 7.68. The molecule has 0 N–H and O–H groups in total. The fourth-order valence-corrected chi connectivity index (χ4v) is 3.80. The molecule has 0 spiro atoms. The topological polar surface area (TPSA) is 76.3 Å². The van der Waals surface area contributed by atoms with Crippen molar-refractivity contribution in [2.24, 2.45) is 0 Å². The summed E-state index contributed by atoms with van der Waals surface area (Å²) in [6.07, 6.45) is 1.68. The maximum absolute atomic E-state index is 13.0. The molecular weight excluding hydrogens is 445 g/mol. The molecule has 0 bridgehead atoms. The van der Waals surface area contributed by atoms with Crippen LogP contribution in [-0.4, -0.2) is 26.5 Å². The zero-order valence-corrected chi connectivity index (χ0v) is 18.0. The van der Waals surface area contributed by atoms with E-state index in [1.807, 2.05) is 24.3 Å². The quantitative estimate of drug-likeness (QED) is 0.247. The van der Waals surface area contributed by atoms with E-state index in [1.165, 1.54) is 23.9 Å². The van der Waals surface area contributed by atoms with Gasteiger partial charge in [0.2, 0.25) is 5.91 Å². The second kappa shape index (κ2) is 10.4. The number of amides is 1. The predicted octanol–water partition coefficient (Wildman–Crippen LogP) is 5.62. The number of carbonyl (C=O) groups is 1. The SMILES string of the molecule is O=C(CSc1ccc([N+](=O)[O-])cc1)N(Cc1ccc(Cl)c(Cl)c1)Cc1ccccn1. The first-order valence-electron chi connectivity index (χ1n) is 8.91. The largest absolute Gasteiger partial charge is 0.332 e. The summed E-state index contributed by atoms with van der Waals surface area (Å²) in [5.41, 5.74) is 1.64. The van der Waals surface area contributed by atoms with Gasteiger partial charge in [0.1, 0.15) is 0 Å². The average Bonchev–Trinajstić information content (AvgIpc) is 2.75. The lowest BCUT2D eigenvalue weighted by Gasteiger charge is -2.23. The van der Waals surface area contributed by atoms with E-state index < -0.39 is 4.92 Å². The van der Waals surface area contributed by atoms with Crippen LogP contribution in [-0.2, 0) is 17.9 Å². The summed E-state index contributed by atoms with van der Waals surface area (Å²) in [4.78, 5) is 30.1. The van der Waals surface area contributed by atoms with E-state index in [0.29, 0.717) is 23.1 Å². The number of non-ortho nitro benzene ring substituents is 1. The van der Waals surface area contributed by atoms with Gasteiger partial charge >= 0.3 is 0 Å². The lowest BCUT2D eigenvalue weighted by Crippen LogP contribution is -2.31. The second-order valence-electron chi connectivity index (χ2n) is 6.36. The number of carbonyl (C=O) groups excluding carboxylic acids is 1. The first-order valence-corrected chi connectivity index (χ1v) is 10.7. The highest BCUT2D eigenvalue weighted by molar-refractivity contribution is 8.00. The Morgan fingerprint density at radius 2 is 1.80 bits per heavy atom. The third kappa shape index (κ3) is 6.19. The number of nitro benzene ring substituents is 1. The van der Waals surface area contributed by atoms with Crippen molar-refractivity contribution in [1.29, 1.82) is 0 Å². The van der Waals surface area contributed by atoms with Gasteiger partial charge in [-0.3, -0.25) is 19.9 Å². The van der Waals surface area contributed by atoms with E-state index in [2.05, 4.69) is 4.98 Å². The third-order valence-corrected chi connectivity index (χ3v) is 5.93. The molecule has 0 unspecified atom stereocenters. The van der Waals surface area contributed by atoms with Gasteiger partial charge in [0.25, 0.3) is 5.69 Å². The molecule has 2 aromatic carbocycles. The van der Waals surface area contributed by atoms with Crippen LogP contribution >= 0.6 is 35.0 Å². The summed E-state index contributed by atoms with van der Waals surface area (Å²) in [7, 11) is 0. The summed E-state index contributed by atoms with van der Waals surface area (Å²) < 4.78 is 0. The van der Waals surface area contributed by atoms with Crippen LogP contribution in [0.25, 0.3) is 0 Å². The van der Waals surface area contributed by atoms with Gasteiger partial charge in [-0.1, -0.05) is 35.3 Å². The maximum Gasteiger partial charge on any atom is 0.269 e. The standard InChI is InChI=1S/C21H17Cl2N3O3S/c22-19-9-4-15(11-20(19)23)12-25(13-16-3-1-2-10-24-16)21(27)14-30-18-7-5-17(6-8-18)26(28)29/h1-11H,12-14H2. The minimum atomic E-state index is -0.453. The van der Waals surface area contributed by atoms with E-state index in [4.69, 9.17) is 23.2 Å². The Labute approximate surface area is 188 Å². The van der Waals surface area contributed by atoms with Gasteiger partial charge in [-0.15, -0.1) is 11.8 Å². The third-order valence-electron chi connectivity index (χ3n) is 4.20. The summed E-state index contributed by atoms with van der Waals surface area (Å²) in [5.74, 6) is 0.0986. The molecule has 0 radical (unpaired) electrons. The fourth-order valence-electron chi connectivity index (χ4n) is 2.68. The number of hydrogen-bond donors (Lipinski definition) is 0. The molecule has 0 saturated carbocycles. The number of thioether (sulfide) groups is 1. The molecule has 3 rings (SSSR count). The molecule has 30 heavy (non-hydrogen) atoms. The first-order chi connectivity index (χ1) is 14.4. The second-order valence-corrected chi connectivity index (χ2v) is 8.22. The Hall–Kier alpha value is -2.61. The predicted molar refractivity (Wildman–Crippen MR) is 119 cm³/mol. The molecule has 1 aromatic heterocycles. The van der Waals surface area contributed by atoms with Crippen molar-refractivity contribution in [1.82, 2.24) is 9.88 Å². The van der Waals surface area contributed by atoms with Crippen molar-refractivity contribution < 1.29 is 9.72 Å². The molecule has 9 heteroatoms. The molecule has 1 heterocycles. The number of hydrogen-bond acceptors (Lipinski definition) is 5. The Bertz CT molecular complexity index is 1030. The number of nitrogens with zero attached hydrogens (tertiary/aromatic N) is 3. The van der Waals surface area contributed by atoms with Crippen LogP contribution in [0.1, 0.15) is 11.3 Å². The number of nitro groups is 1. The Morgan fingerprint density at radius 3 is 2.43 bits per heavy atom. The Morgan fingerprint density at radius 1 is 1.03 bits per heavy atom. The lowest BCUT2D eigenvalue weighted by atomic mass is 10.2. The van der Waals surface area contributed by atoms with Crippen molar-refractivity contribution in [2.45, 2.75) is 18.0 Å². The molecule has 154 valence electrons. The van der Waals surface area contributed by atoms with Crippen molar-refractivity contribution in [2.75, 3.05) is 5.75 Å². The van der Waals surface area contributed by atoms with Crippen molar-refractivity contribution in [3.8, 4) is 0 Å². The van der Waals surface area contributed by atoms with Gasteiger partial charge in [-0.25, -0.2) is 0 Å². The van der Waals surface area contributed by atoms with E-state index in [9.17, 15) is 14.9 Å². The molecule has 1 amide bonds. The van der Waals surface area contributed by atoms with Crippen molar-refractivity contribution in [3.05, 3.63) is 98.3 Å². The molecule has 0 aliphatic rings. The summed E-state index contributed by atoms with van der Waals surface area (Å²) in [6.45, 7) is 0.702. The highest BCUT2D eigenvalue weighted by Crippen LogP contribution is 2.25. The molecule has 0 aliphatic heterocycles. The minimum absolute atomic E-state index is 0.0158. The van der Waals surface area contributed by atoms with Gasteiger partial charge in [0, 0.05) is 29.8 Å². The van der Waals surface area contributed by atoms with Crippen molar-refractivity contribution >= 4 is 46.6 Å². The van der Waals surface area contributed by atoms with Crippen LogP contribution in [0.4, 0.5) is 5.69 Å². The van der Waals surface area contributed by atoms with Crippen LogP contribution < -0.4 is 0 Å². The number of aromatic nitrogens is 1. The van der Waals surface area contributed by atoms with E-state index in [0.717, 1.165) is 16.2 Å². The van der Waals surface area contributed by atoms with Crippen LogP contribution in [0.2, 0.25) is 10.0 Å². The molecule has 0 saturated heterocycles. The van der Waals surface area contributed by atoms with Crippen LogP contribution in [0.3, 0.4) is 0 Å². The highest BCUT2D eigenvalue weighted by atomic mass is 35.5. The molecule has 0 fully saturated rings. The molecule has 0 atom stereocenters. The number of pyridine rings is 1. The lowest BCUT2D eigenvalue weighted by molar-refractivity contribution is -0.384. The molecule has 3 aromatic rings. The first kappa shape index (κ1) is 22.1. The number of rotatable bonds is 8. The van der Waals surface area contributed by atoms with Gasteiger partial charge in [-0.05, 0) is 42.0 Å². The maximum atomic E-state index is 13.0. The average molecular weight is 462 g/mol. The zero-order valence-electron chi connectivity index (χ0n) is 15.7. The van der Waals surface area contributed by atoms with Crippen LogP contribution in [0.15, 0.2) is 71.8 Å². The Balaban J connectivity index is 1.71. The molecule has 0 aliphatic carbocycles. The summed E-state index contributed by atoms with van der Waals surface area (Å²) in [6, 6.07) is 16.9. The molecular formula is C21H17Cl2N3O3S. The van der Waals surface area contributed by atoms with Gasteiger partial charge in [-0.2, -0.15) is 0 Å². The van der Waals surface area contributed by atoms with E-state index in [1.54, 1.807) is 35.4 Å². The van der Waals surface area contributed by atoms with Crippen molar-refractivity contribution in [3.63, 3.8) is 0 Å². The van der Waals surface area contributed by atoms with Crippen LogP contribution in [0, 0.1) is 10.1 Å². The zero-order chi connectivity index (χ0) is 21.5. The number of benzene rings is 2. The van der Waals surface area contributed by atoms with Gasteiger partial charge in [0.05, 0.1) is 33.0 Å². The summed E-state index contributed by atoms with van der Waals surface area (Å²) in [5, 5.41) is 11.7. The van der Waals surface area contributed by atoms with Gasteiger partial charge in [0.15, 0.2) is 0 Å². The fraction of sp³-hybridized carbons (Fsp3) is 0.143. The smallest absolute Gasteiger partial charge is 0.269 e. The summed E-state index contributed by atoms with van der Waals surface area (Å²) >= 11 is 13.4. The molecule has 6 nitrogen and oxygen atoms in total. The van der Waals surface area contributed by atoms with E-state index in [-0.39, 0.29) is 17.3 Å².